The van der Waals surface area contributed by atoms with Crippen molar-refractivity contribution in [1.29, 1.82) is 0 Å². The lowest BCUT2D eigenvalue weighted by Gasteiger charge is -2.07. The van der Waals surface area contributed by atoms with Crippen molar-refractivity contribution < 1.29 is 13.2 Å². The third-order valence-electron chi connectivity index (χ3n) is 3.56. The van der Waals surface area contributed by atoms with Crippen LogP contribution in [0.1, 0.15) is 12.1 Å². The zero-order valence-corrected chi connectivity index (χ0v) is 15.4. The van der Waals surface area contributed by atoms with E-state index in [4.69, 9.17) is 11.6 Å². The second-order valence-electron chi connectivity index (χ2n) is 5.28. The van der Waals surface area contributed by atoms with Crippen molar-refractivity contribution in [2.24, 2.45) is 0 Å². The highest BCUT2D eigenvalue weighted by Crippen LogP contribution is 2.22. The first-order chi connectivity index (χ1) is 12.0. The molecule has 3 aromatic rings. The number of nitrogens with one attached hydrogen (secondary N) is 1. The number of benzene rings is 1. The number of amides is 1. The molecule has 25 heavy (non-hydrogen) atoms. The van der Waals surface area contributed by atoms with Crippen molar-refractivity contribution in [3.63, 3.8) is 0 Å². The van der Waals surface area contributed by atoms with Crippen LogP contribution in [0.3, 0.4) is 0 Å². The van der Waals surface area contributed by atoms with Gasteiger partial charge in [0.25, 0.3) is 0 Å². The van der Waals surface area contributed by atoms with Crippen LogP contribution in [0, 0.1) is 0 Å². The molecular formula is C15H15ClN4O3S2. The summed E-state index contributed by atoms with van der Waals surface area (Å²) in [6.07, 6.45) is 1.95. The van der Waals surface area contributed by atoms with E-state index in [0.717, 1.165) is 10.7 Å². The van der Waals surface area contributed by atoms with Crippen LogP contribution in [0.15, 0.2) is 40.9 Å². The number of hydrogen-bond acceptors (Lipinski definition) is 6. The highest BCUT2D eigenvalue weighted by Gasteiger charge is 2.19. The van der Waals surface area contributed by atoms with E-state index >= 15 is 0 Å². The second-order valence-corrected chi connectivity index (χ2v) is 8.60. The molecular weight excluding hydrogens is 384 g/mol. The molecule has 0 saturated carbocycles. The molecule has 1 N–H and O–H groups in total. The number of halogens is 1. The van der Waals surface area contributed by atoms with Crippen LogP contribution in [0.2, 0.25) is 5.02 Å². The molecule has 0 unspecified atom stereocenters. The van der Waals surface area contributed by atoms with E-state index in [-0.39, 0.29) is 28.0 Å². The minimum absolute atomic E-state index is 0.0521. The minimum Gasteiger partial charge on any atom is -0.356 e. The molecule has 0 spiro atoms. The maximum absolute atomic E-state index is 12.3. The largest absolute Gasteiger partial charge is 0.356 e. The fourth-order valence-electron chi connectivity index (χ4n) is 2.30. The van der Waals surface area contributed by atoms with E-state index in [9.17, 15) is 13.2 Å². The summed E-state index contributed by atoms with van der Waals surface area (Å²) in [6, 6.07) is 6.21. The molecule has 0 aliphatic rings. The molecule has 0 atom stereocenters. The maximum atomic E-state index is 12.3. The Bertz CT molecular complexity index is 997. The lowest BCUT2D eigenvalue weighted by molar-refractivity contribution is -0.120. The first-order valence-electron chi connectivity index (χ1n) is 7.47. The molecule has 2 aromatic heterocycles. The molecule has 0 fully saturated rings. The summed E-state index contributed by atoms with van der Waals surface area (Å²) >= 11 is 7.39. The summed E-state index contributed by atoms with van der Waals surface area (Å²) in [5.41, 5.74) is 0.946. The first kappa shape index (κ1) is 17.8. The van der Waals surface area contributed by atoms with Crippen LogP contribution in [-0.2, 0) is 21.1 Å². The van der Waals surface area contributed by atoms with Gasteiger partial charge in [0.15, 0.2) is 9.84 Å². The van der Waals surface area contributed by atoms with E-state index in [0.29, 0.717) is 13.0 Å². The van der Waals surface area contributed by atoms with E-state index in [1.807, 2.05) is 5.38 Å². The summed E-state index contributed by atoms with van der Waals surface area (Å²) < 4.78 is 26.2. The summed E-state index contributed by atoms with van der Waals surface area (Å²) in [6.45, 7) is 0.399. The van der Waals surface area contributed by atoms with Gasteiger partial charge in [-0.25, -0.2) is 17.9 Å². The molecule has 2 heterocycles. The lowest BCUT2D eigenvalue weighted by Crippen LogP contribution is -2.27. The molecule has 7 nitrogen and oxygen atoms in total. The Hall–Kier alpha value is -1.97. The Labute approximate surface area is 153 Å². The van der Waals surface area contributed by atoms with Crippen molar-refractivity contribution in [3.8, 4) is 0 Å². The number of carbonyl (C=O) groups excluding carboxylic acids is 1. The van der Waals surface area contributed by atoms with E-state index < -0.39 is 9.84 Å². The number of fused-ring (bicyclic) bond motifs is 1. The normalized spacial score (nSPS) is 11.7. The smallest absolute Gasteiger partial charge is 0.221 e. The summed E-state index contributed by atoms with van der Waals surface area (Å²) in [5, 5.41) is 8.92. The van der Waals surface area contributed by atoms with Crippen LogP contribution >= 0.6 is 22.9 Å². The van der Waals surface area contributed by atoms with Gasteiger partial charge < -0.3 is 5.32 Å². The van der Waals surface area contributed by atoms with Crippen LogP contribution in [0.25, 0.3) is 4.96 Å². The number of carbonyl (C=O) groups is 1. The molecule has 0 saturated heterocycles. The van der Waals surface area contributed by atoms with Gasteiger partial charge in [-0.2, -0.15) is 5.10 Å². The monoisotopic (exact) mass is 398 g/mol. The third-order valence-corrected chi connectivity index (χ3v) is 6.65. The SMILES string of the molecule is O=C(CCS(=O)(=O)c1ccccc1Cl)NCCc1csc2ncnn12. The van der Waals surface area contributed by atoms with Crippen molar-refractivity contribution in [3.05, 3.63) is 46.7 Å². The molecule has 0 aliphatic heterocycles. The van der Waals surface area contributed by atoms with Gasteiger partial charge in [-0.3, -0.25) is 4.79 Å². The van der Waals surface area contributed by atoms with Crippen LogP contribution in [0.4, 0.5) is 0 Å². The average molecular weight is 399 g/mol. The first-order valence-corrected chi connectivity index (χ1v) is 10.4. The van der Waals surface area contributed by atoms with Gasteiger partial charge in [-0.15, -0.1) is 11.3 Å². The standard InChI is InChI=1S/C15H15ClN4O3S2/c16-12-3-1-2-4-13(12)25(22,23)8-6-14(21)17-7-5-11-9-24-15-18-10-19-20(11)15/h1-4,9-10H,5-8H2,(H,17,21). The molecule has 1 aromatic carbocycles. The molecule has 10 heteroatoms. The molecule has 0 bridgehead atoms. The fourth-order valence-corrected chi connectivity index (χ4v) is 4.94. The van der Waals surface area contributed by atoms with Gasteiger partial charge in [0.1, 0.15) is 6.33 Å². The van der Waals surface area contributed by atoms with Crippen molar-refractivity contribution in [2.75, 3.05) is 12.3 Å². The number of hydrogen-bond donors (Lipinski definition) is 1. The van der Waals surface area contributed by atoms with Gasteiger partial charge in [-0.05, 0) is 12.1 Å². The Morgan fingerprint density at radius 2 is 2.12 bits per heavy atom. The maximum Gasteiger partial charge on any atom is 0.221 e. The number of nitrogens with zero attached hydrogens (tertiary/aromatic N) is 3. The summed E-state index contributed by atoms with van der Waals surface area (Å²) in [5.74, 6) is -0.602. The minimum atomic E-state index is -3.59. The second kappa shape index (κ2) is 7.51. The van der Waals surface area contributed by atoms with Gasteiger partial charge in [0.05, 0.1) is 21.4 Å². The van der Waals surface area contributed by atoms with E-state index in [1.54, 1.807) is 16.6 Å². The van der Waals surface area contributed by atoms with Crippen LogP contribution < -0.4 is 5.32 Å². The van der Waals surface area contributed by atoms with Gasteiger partial charge >= 0.3 is 0 Å². The molecule has 1 amide bonds. The summed E-state index contributed by atoms with van der Waals surface area (Å²) in [4.78, 5) is 16.8. The molecule has 0 radical (unpaired) electrons. The van der Waals surface area contributed by atoms with Gasteiger partial charge in [0, 0.05) is 24.8 Å². The quantitative estimate of drug-likeness (QED) is 0.656. The third kappa shape index (κ3) is 4.17. The predicted octanol–water partition coefficient (Wildman–Crippen LogP) is 1.97. The molecule has 0 aliphatic carbocycles. The molecule has 132 valence electrons. The number of thiazole rings is 1. The predicted molar refractivity (Wildman–Crippen MR) is 95.7 cm³/mol. The Morgan fingerprint density at radius 3 is 2.92 bits per heavy atom. The fraction of sp³-hybridized carbons (Fsp3) is 0.267. The molecule has 3 rings (SSSR count). The van der Waals surface area contributed by atoms with Gasteiger partial charge in [-0.1, -0.05) is 23.7 Å². The Balaban J connectivity index is 1.50. The van der Waals surface area contributed by atoms with Crippen molar-refractivity contribution in [1.82, 2.24) is 19.9 Å². The zero-order valence-electron chi connectivity index (χ0n) is 13.1. The highest BCUT2D eigenvalue weighted by molar-refractivity contribution is 7.91. The number of rotatable bonds is 7. The Kier molecular flexibility index (Phi) is 5.36. The van der Waals surface area contributed by atoms with Crippen LogP contribution in [0.5, 0.6) is 0 Å². The van der Waals surface area contributed by atoms with Gasteiger partial charge in [0.2, 0.25) is 10.9 Å². The average Bonchev–Trinajstić information content (AvgIpc) is 3.18. The number of sulfone groups is 1. The van der Waals surface area contributed by atoms with E-state index in [1.165, 1.54) is 29.8 Å². The van der Waals surface area contributed by atoms with E-state index in [2.05, 4.69) is 15.4 Å². The topological polar surface area (TPSA) is 93.4 Å². The highest BCUT2D eigenvalue weighted by atomic mass is 35.5. The number of aromatic nitrogens is 3. The Morgan fingerprint density at radius 1 is 1.32 bits per heavy atom. The summed E-state index contributed by atoms with van der Waals surface area (Å²) in [7, 11) is -3.59. The zero-order chi connectivity index (χ0) is 17.9. The van der Waals surface area contributed by atoms with Crippen molar-refractivity contribution in [2.45, 2.75) is 17.7 Å². The van der Waals surface area contributed by atoms with Crippen LogP contribution in [-0.4, -0.2) is 41.2 Å². The lowest BCUT2D eigenvalue weighted by atomic mass is 10.3. The van der Waals surface area contributed by atoms with Crippen molar-refractivity contribution >= 4 is 43.6 Å².